The smallest absolute Gasteiger partial charge is 0.180 e. The number of hydrogen-bond acceptors (Lipinski definition) is 1. The first-order valence-corrected chi connectivity index (χ1v) is 3.18. The number of benzene rings is 1. The molecule has 0 radical (unpaired) electrons. The third kappa shape index (κ3) is 1.23. The van der Waals surface area contributed by atoms with Crippen molar-refractivity contribution in [2.75, 3.05) is 0 Å². The van der Waals surface area contributed by atoms with E-state index >= 15 is 0 Å². The number of rotatable bonds is 0. The van der Waals surface area contributed by atoms with Crippen LogP contribution >= 0.6 is 11.6 Å². The van der Waals surface area contributed by atoms with E-state index in [1.54, 1.807) is 0 Å². The average Bonchev–Trinajstić information content (AvgIpc) is 2.08. The van der Waals surface area contributed by atoms with Gasteiger partial charge in [0, 0.05) is 0 Å². The molecular formula is C7HClF3N. The second-order valence-corrected chi connectivity index (χ2v) is 2.34. The van der Waals surface area contributed by atoms with Gasteiger partial charge in [0.1, 0.15) is 11.1 Å². The van der Waals surface area contributed by atoms with Crippen LogP contribution in [0.15, 0.2) is 6.07 Å². The Balaban J connectivity index is 3.52. The Labute approximate surface area is 71.0 Å². The van der Waals surface area contributed by atoms with Crippen molar-refractivity contribution in [3.63, 3.8) is 0 Å². The third-order valence-corrected chi connectivity index (χ3v) is 1.55. The second kappa shape index (κ2) is 3.03. The first-order chi connectivity index (χ1) is 5.57. The molecule has 0 spiro atoms. The van der Waals surface area contributed by atoms with Gasteiger partial charge in [-0.2, -0.15) is 5.26 Å². The normalized spacial score (nSPS) is 9.58. The van der Waals surface area contributed by atoms with Crippen molar-refractivity contribution >= 4 is 11.6 Å². The van der Waals surface area contributed by atoms with E-state index in [0.717, 1.165) is 0 Å². The maximum Gasteiger partial charge on any atom is 0.180 e. The number of halogens is 4. The predicted molar refractivity (Wildman–Crippen MR) is 36.0 cm³/mol. The Hall–Kier alpha value is -1.21. The Morgan fingerprint density at radius 2 is 1.83 bits per heavy atom. The highest BCUT2D eigenvalue weighted by Crippen LogP contribution is 2.23. The van der Waals surface area contributed by atoms with Crippen LogP contribution < -0.4 is 0 Å². The van der Waals surface area contributed by atoms with Gasteiger partial charge in [0.25, 0.3) is 0 Å². The largest absolute Gasteiger partial charge is 0.204 e. The van der Waals surface area contributed by atoms with Crippen LogP contribution in [0.1, 0.15) is 5.56 Å². The molecule has 0 amide bonds. The van der Waals surface area contributed by atoms with Gasteiger partial charge in [0.15, 0.2) is 17.5 Å². The minimum atomic E-state index is -1.48. The van der Waals surface area contributed by atoms with Crippen LogP contribution in [0.5, 0.6) is 0 Å². The molecule has 0 saturated heterocycles. The first kappa shape index (κ1) is 8.88. The zero-order valence-electron chi connectivity index (χ0n) is 5.54. The van der Waals surface area contributed by atoms with E-state index in [1.807, 2.05) is 0 Å². The molecule has 0 atom stereocenters. The van der Waals surface area contributed by atoms with Gasteiger partial charge in [0.2, 0.25) is 0 Å². The van der Waals surface area contributed by atoms with E-state index in [2.05, 4.69) is 0 Å². The summed E-state index contributed by atoms with van der Waals surface area (Å²) in [4.78, 5) is 0. The molecule has 0 saturated carbocycles. The molecule has 0 unspecified atom stereocenters. The minimum absolute atomic E-state index is 0.455. The molecule has 0 bridgehead atoms. The van der Waals surface area contributed by atoms with E-state index < -0.39 is 28.0 Å². The summed E-state index contributed by atoms with van der Waals surface area (Å²) in [7, 11) is 0. The van der Waals surface area contributed by atoms with Crippen LogP contribution in [0.3, 0.4) is 0 Å². The highest BCUT2D eigenvalue weighted by molar-refractivity contribution is 6.31. The first-order valence-electron chi connectivity index (χ1n) is 2.81. The predicted octanol–water partition coefficient (Wildman–Crippen LogP) is 2.63. The Bertz CT molecular complexity index is 370. The van der Waals surface area contributed by atoms with Crippen molar-refractivity contribution in [2.45, 2.75) is 0 Å². The maximum atomic E-state index is 12.7. The fourth-order valence-electron chi connectivity index (χ4n) is 0.654. The summed E-state index contributed by atoms with van der Waals surface area (Å²) in [5, 5.41) is 7.23. The molecule has 5 heteroatoms. The van der Waals surface area contributed by atoms with Gasteiger partial charge in [-0.15, -0.1) is 0 Å². The van der Waals surface area contributed by atoms with E-state index in [0.29, 0.717) is 6.07 Å². The zero-order chi connectivity index (χ0) is 9.30. The molecular weight excluding hydrogens is 191 g/mol. The van der Waals surface area contributed by atoms with Crippen LogP contribution in [0.2, 0.25) is 5.02 Å². The maximum absolute atomic E-state index is 12.7. The third-order valence-electron chi connectivity index (χ3n) is 1.22. The summed E-state index contributed by atoms with van der Waals surface area (Å²) in [5.74, 6) is -4.05. The lowest BCUT2D eigenvalue weighted by Gasteiger charge is -1.98. The lowest BCUT2D eigenvalue weighted by atomic mass is 10.2. The molecule has 12 heavy (non-hydrogen) atoms. The van der Waals surface area contributed by atoms with Gasteiger partial charge < -0.3 is 0 Å². The van der Waals surface area contributed by atoms with Crippen molar-refractivity contribution in [1.29, 1.82) is 5.26 Å². The van der Waals surface area contributed by atoms with Crippen molar-refractivity contribution in [3.05, 3.63) is 34.1 Å². The van der Waals surface area contributed by atoms with Gasteiger partial charge in [0.05, 0.1) is 5.56 Å². The van der Waals surface area contributed by atoms with Crippen molar-refractivity contribution in [2.24, 2.45) is 0 Å². The van der Waals surface area contributed by atoms with Gasteiger partial charge >= 0.3 is 0 Å². The fourth-order valence-corrected chi connectivity index (χ4v) is 0.846. The van der Waals surface area contributed by atoms with Crippen LogP contribution in [-0.2, 0) is 0 Å². The van der Waals surface area contributed by atoms with Gasteiger partial charge in [-0.25, -0.2) is 13.2 Å². The molecule has 1 nitrogen and oxygen atoms in total. The van der Waals surface area contributed by atoms with Crippen molar-refractivity contribution in [3.8, 4) is 6.07 Å². The zero-order valence-corrected chi connectivity index (χ0v) is 6.29. The standard InChI is InChI=1S/C7HClF3N/c8-5-6(10)3(2-12)1-4(9)7(5)11/h1H. The number of nitrogens with zero attached hydrogens (tertiary/aromatic N) is 1. The highest BCUT2D eigenvalue weighted by Gasteiger charge is 2.16. The van der Waals surface area contributed by atoms with E-state index in [4.69, 9.17) is 16.9 Å². The summed E-state index contributed by atoms with van der Waals surface area (Å²) >= 11 is 5.03. The second-order valence-electron chi connectivity index (χ2n) is 1.96. The molecule has 62 valence electrons. The molecule has 0 aliphatic carbocycles. The summed E-state index contributed by atoms with van der Waals surface area (Å²) in [6, 6.07) is 1.79. The quantitative estimate of drug-likeness (QED) is 0.457. The van der Waals surface area contributed by atoms with Crippen LogP contribution in [0.25, 0.3) is 0 Å². The van der Waals surface area contributed by atoms with E-state index in [-0.39, 0.29) is 0 Å². The molecule has 0 aliphatic rings. The topological polar surface area (TPSA) is 23.8 Å². The Kier molecular flexibility index (Phi) is 2.25. The Morgan fingerprint density at radius 1 is 1.25 bits per heavy atom. The molecule has 0 N–H and O–H groups in total. The minimum Gasteiger partial charge on any atom is -0.204 e. The summed E-state index contributed by atoms with van der Waals surface area (Å²) in [6.07, 6.45) is 0. The Morgan fingerprint density at radius 3 is 2.33 bits per heavy atom. The monoisotopic (exact) mass is 191 g/mol. The van der Waals surface area contributed by atoms with Crippen molar-refractivity contribution < 1.29 is 13.2 Å². The molecule has 0 heterocycles. The summed E-state index contributed by atoms with van der Waals surface area (Å²) < 4.78 is 37.6. The lowest BCUT2D eigenvalue weighted by molar-refractivity contribution is 0.494. The molecule has 0 aromatic heterocycles. The number of nitriles is 1. The van der Waals surface area contributed by atoms with E-state index in [1.165, 1.54) is 6.07 Å². The summed E-state index contributed by atoms with van der Waals surface area (Å²) in [6.45, 7) is 0. The van der Waals surface area contributed by atoms with Crippen LogP contribution in [-0.4, -0.2) is 0 Å². The van der Waals surface area contributed by atoms with E-state index in [9.17, 15) is 13.2 Å². The molecule has 0 fully saturated rings. The fraction of sp³-hybridized carbons (Fsp3) is 0. The SMILES string of the molecule is N#Cc1cc(F)c(F)c(Cl)c1F. The molecule has 1 rings (SSSR count). The lowest BCUT2D eigenvalue weighted by Crippen LogP contribution is -1.93. The van der Waals surface area contributed by atoms with Gasteiger partial charge in [-0.3, -0.25) is 0 Å². The number of hydrogen-bond donors (Lipinski definition) is 0. The average molecular weight is 192 g/mol. The molecule has 1 aromatic carbocycles. The van der Waals surface area contributed by atoms with Crippen molar-refractivity contribution in [1.82, 2.24) is 0 Å². The summed E-state index contributed by atoms with van der Waals surface area (Å²) in [5.41, 5.74) is -0.612. The highest BCUT2D eigenvalue weighted by atomic mass is 35.5. The van der Waals surface area contributed by atoms with Gasteiger partial charge in [-0.1, -0.05) is 11.6 Å². The van der Waals surface area contributed by atoms with Crippen LogP contribution in [0, 0.1) is 28.8 Å². The molecule has 0 aliphatic heterocycles. The van der Waals surface area contributed by atoms with Gasteiger partial charge in [-0.05, 0) is 6.07 Å². The molecule has 1 aromatic rings. The van der Waals surface area contributed by atoms with Crippen LogP contribution in [0.4, 0.5) is 13.2 Å².